The molecule has 1 rings (SSSR count). The van der Waals surface area contributed by atoms with Crippen molar-refractivity contribution in [3.05, 3.63) is 70.2 Å². The first-order chi connectivity index (χ1) is 12.7. The van der Waals surface area contributed by atoms with Crippen molar-refractivity contribution in [1.29, 1.82) is 0 Å². The average molecular weight is 370 g/mol. The van der Waals surface area contributed by atoms with Crippen molar-refractivity contribution in [2.75, 3.05) is 14.1 Å². The van der Waals surface area contributed by atoms with Gasteiger partial charge in [-0.25, -0.2) is 0 Å². The van der Waals surface area contributed by atoms with E-state index in [0.717, 1.165) is 25.1 Å². The Morgan fingerprint density at radius 1 is 1.00 bits per heavy atom. The van der Waals surface area contributed by atoms with E-state index in [2.05, 4.69) is 56.7 Å². The molecule has 148 valence electrons. The lowest BCUT2D eigenvalue weighted by Gasteiger charge is -2.20. The molecule has 0 atom stereocenters. The first kappa shape index (κ1) is 22.7. The number of benzene rings is 1. The molecule has 4 heteroatoms. The highest BCUT2D eigenvalue weighted by molar-refractivity contribution is 5.95. The van der Waals surface area contributed by atoms with Gasteiger partial charge in [0, 0.05) is 17.8 Å². The highest BCUT2D eigenvalue weighted by atomic mass is 16.1. The molecule has 0 radical (unpaired) electrons. The molecule has 0 spiro atoms. The molecular formula is C23H35N3O. The molecule has 2 N–H and O–H groups in total. The molecule has 0 aliphatic rings. The number of carbonyl (C=O) groups excluding carboxylic acids is 1. The zero-order valence-corrected chi connectivity index (χ0v) is 18.0. The van der Waals surface area contributed by atoms with Gasteiger partial charge in [-0.15, -0.1) is 0 Å². The van der Waals surface area contributed by atoms with Crippen molar-refractivity contribution < 1.29 is 4.79 Å². The van der Waals surface area contributed by atoms with Crippen molar-refractivity contribution >= 4 is 5.91 Å². The van der Waals surface area contributed by atoms with Gasteiger partial charge in [0.25, 0.3) is 5.91 Å². The zero-order valence-electron chi connectivity index (χ0n) is 18.0. The Morgan fingerprint density at radius 3 is 2.00 bits per heavy atom. The van der Waals surface area contributed by atoms with E-state index in [1.54, 1.807) is 0 Å². The summed E-state index contributed by atoms with van der Waals surface area (Å²) in [5, 5.41) is 6.20. The minimum Gasteiger partial charge on any atom is -0.342 e. The molecule has 1 aromatic carbocycles. The van der Waals surface area contributed by atoms with Crippen LogP contribution in [-0.2, 0) is 6.54 Å². The first-order valence-electron chi connectivity index (χ1n) is 9.56. The van der Waals surface area contributed by atoms with Crippen LogP contribution >= 0.6 is 0 Å². The van der Waals surface area contributed by atoms with Crippen LogP contribution in [0.15, 0.2) is 59.1 Å². The molecule has 0 saturated carbocycles. The third-order valence-corrected chi connectivity index (χ3v) is 4.59. The van der Waals surface area contributed by atoms with Gasteiger partial charge >= 0.3 is 0 Å². The molecule has 4 nitrogen and oxygen atoms in total. The molecule has 0 unspecified atom stereocenters. The van der Waals surface area contributed by atoms with Gasteiger partial charge in [-0.1, -0.05) is 38.1 Å². The summed E-state index contributed by atoms with van der Waals surface area (Å²) in [6.07, 6.45) is 1.91. The Balaban J connectivity index is 2.89. The van der Waals surface area contributed by atoms with E-state index in [1.807, 2.05) is 38.4 Å². The first-order valence-corrected chi connectivity index (χ1v) is 9.56. The van der Waals surface area contributed by atoms with Crippen molar-refractivity contribution in [2.45, 2.75) is 54.0 Å². The molecule has 0 aromatic heterocycles. The minimum atomic E-state index is -0.160. The quantitative estimate of drug-likeness (QED) is 0.604. The maximum absolute atomic E-state index is 12.5. The predicted octanol–water partition coefficient (Wildman–Crippen LogP) is 4.97. The van der Waals surface area contributed by atoms with Crippen LogP contribution in [0.5, 0.6) is 0 Å². The molecule has 0 aliphatic heterocycles. The molecule has 1 aromatic rings. The normalized spacial score (nSPS) is 10.4. The number of hydrogen-bond donors (Lipinski definition) is 2. The summed E-state index contributed by atoms with van der Waals surface area (Å²) >= 11 is 0. The lowest BCUT2D eigenvalue weighted by molar-refractivity contribution is 0.0964. The van der Waals surface area contributed by atoms with Gasteiger partial charge in [0.1, 0.15) is 5.82 Å². The fraction of sp³-hybridized carbons (Fsp3) is 0.435. The van der Waals surface area contributed by atoms with Gasteiger partial charge in [-0.2, -0.15) is 0 Å². The molecule has 0 fully saturated rings. The monoisotopic (exact) mass is 369 g/mol. The van der Waals surface area contributed by atoms with Crippen LogP contribution in [0.4, 0.5) is 0 Å². The number of allylic oxidation sites excluding steroid dienone is 3. The highest BCUT2D eigenvalue weighted by Gasteiger charge is 2.12. The van der Waals surface area contributed by atoms with E-state index < -0.39 is 0 Å². The van der Waals surface area contributed by atoms with Gasteiger partial charge in [-0.05, 0) is 76.6 Å². The fourth-order valence-corrected chi connectivity index (χ4v) is 2.82. The minimum absolute atomic E-state index is 0.160. The summed E-state index contributed by atoms with van der Waals surface area (Å²) in [7, 11) is 4.05. The van der Waals surface area contributed by atoms with E-state index in [-0.39, 0.29) is 5.91 Å². The van der Waals surface area contributed by atoms with Crippen molar-refractivity contribution in [3.63, 3.8) is 0 Å². The summed E-state index contributed by atoms with van der Waals surface area (Å²) in [6, 6.07) is 7.66. The second-order valence-corrected chi connectivity index (χ2v) is 7.30. The topological polar surface area (TPSA) is 44.4 Å². The maximum atomic E-state index is 12.5. The number of rotatable bonds is 9. The van der Waals surface area contributed by atoms with Crippen LogP contribution in [0.25, 0.3) is 0 Å². The van der Waals surface area contributed by atoms with Crippen LogP contribution in [-0.4, -0.2) is 24.9 Å². The molecular weight excluding hydrogens is 334 g/mol. The molecule has 0 heterocycles. The Labute approximate surface area is 165 Å². The standard InChI is InChI=1S/C23H35N3O/c1-9-20(10-2)22(17(5)16(3)4)24-18(6)25-23(27)21-13-11-19(12-14-21)15-26(7)8/h11-14,24H,6,9-10,15H2,1-5,7-8H3,(H,25,27). The average Bonchev–Trinajstić information content (AvgIpc) is 2.61. The third kappa shape index (κ3) is 7.06. The smallest absolute Gasteiger partial charge is 0.256 e. The van der Waals surface area contributed by atoms with Crippen LogP contribution in [0.3, 0.4) is 0 Å². The van der Waals surface area contributed by atoms with Crippen molar-refractivity contribution in [2.24, 2.45) is 0 Å². The molecule has 1 amide bonds. The second kappa shape index (κ2) is 10.7. The largest absolute Gasteiger partial charge is 0.342 e. The molecule has 27 heavy (non-hydrogen) atoms. The van der Waals surface area contributed by atoms with Crippen molar-refractivity contribution in [3.8, 4) is 0 Å². The summed E-state index contributed by atoms with van der Waals surface area (Å²) in [6.45, 7) is 15.4. The van der Waals surface area contributed by atoms with Crippen LogP contribution in [0.2, 0.25) is 0 Å². The predicted molar refractivity (Wildman–Crippen MR) is 115 cm³/mol. The van der Waals surface area contributed by atoms with Gasteiger partial charge in [0.05, 0.1) is 0 Å². The Kier molecular flexibility index (Phi) is 9.03. The third-order valence-electron chi connectivity index (χ3n) is 4.59. The fourth-order valence-electron chi connectivity index (χ4n) is 2.82. The van der Waals surface area contributed by atoms with Crippen molar-refractivity contribution in [1.82, 2.24) is 15.5 Å². The Morgan fingerprint density at radius 2 is 1.56 bits per heavy atom. The number of hydrogen-bond acceptors (Lipinski definition) is 3. The Hall–Kier alpha value is -2.33. The summed E-state index contributed by atoms with van der Waals surface area (Å²) < 4.78 is 0. The highest BCUT2D eigenvalue weighted by Crippen LogP contribution is 2.21. The zero-order chi connectivity index (χ0) is 20.6. The molecule has 0 aliphatic carbocycles. The molecule has 0 bridgehead atoms. The van der Waals surface area contributed by atoms with E-state index in [0.29, 0.717) is 11.4 Å². The number of carbonyl (C=O) groups is 1. The number of nitrogens with zero attached hydrogens (tertiary/aromatic N) is 1. The number of nitrogens with one attached hydrogen (secondary N) is 2. The number of amides is 1. The maximum Gasteiger partial charge on any atom is 0.256 e. The lowest BCUT2D eigenvalue weighted by Crippen LogP contribution is -2.31. The van der Waals surface area contributed by atoms with Gasteiger partial charge in [0.2, 0.25) is 0 Å². The van der Waals surface area contributed by atoms with E-state index in [4.69, 9.17) is 0 Å². The lowest BCUT2D eigenvalue weighted by atomic mass is 10.0. The summed E-state index contributed by atoms with van der Waals surface area (Å²) in [5.41, 5.74) is 6.61. The second-order valence-electron chi connectivity index (χ2n) is 7.30. The van der Waals surface area contributed by atoms with E-state index >= 15 is 0 Å². The van der Waals surface area contributed by atoms with Gasteiger partial charge in [-0.3, -0.25) is 4.79 Å². The van der Waals surface area contributed by atoms with E-state index in [1.165, 1.54) is 22.3 Å². The Bertz CT molecular complexity index is 714. The summed E-state index contributed by atoms with van der Waals surface area (Å²) in [4.78, 5) is 14.6. The SMILES string of the molecule is C=C(NC(=O)c1ccc(CN(C)C)cc1)NC(=C(CC)CC)C(C)=C(C)C. The van der Waals surface area contributed by atoms with Gasteiger partial charge < -0.3 is 15.5 Å². The van der Waals surface area contributed by atoms with Gasteiger partial charge in [0.15, 0.2) is 0 Å². The van der Waals surface area contributed by atoms with Crippen LogP contribution in [0.1, 0.15) is 63.4 Å². The van der Waals surface area contributed by atoms with E-state index in [9.17, 15) is 4.79 Å². The van der Waals surface area contributed by atoms with Crippen LogP contribution < -0.4 is 10.6 Å². The molecule has 0 saturated heterocycles. The van der Waals surface area contributed by atoms with Crippen LogP contribution in [0, 0.1) is 0 Å². The summed E-state index contributed by atoms with van der Waals surface area (Å²) in [5.74, 6) is 0.333.